The number of nitrogens with zero attached hydrogens (tertiary/aromatic N) is 1. The average Bonchev–Trinajstić information content (AvgIpc) is 2.27. The third-order valence-corrected chi connectivity index (χ3v) is 3.76. The molecule has 15 heavy (non-hydrogen) atoms. The molecule has 0 aromatic heterocycles. The fraction of sp³-hybridized carbons (Fsp3) is 0.818. The molecule has 3 nitrogen and oxygen atoms in total. The fourth-order valence-corrected chi connectivity index (χ4v) is 2.90. The van der Waals surface area contributed by atoms with Gasteiger partial charge in [0, 0.05) is 6.42 Å². The van der Waals surface area contributed by atoms with E-state index in [-0.39, 0.29) is 11.9 Å². The first-order valence-electron chi connectivity index (χ1n) is 5.53. The number of carbonyl (C=O) groups is 1. The molecule has 0 aromatic rings. The number of thioether (sulfide) groups is 1. The Hall–Kier alpha value is -0.690. The van der Waals surface area contributed by atoms with Crippen molar-refractivity contribution in [3.05, 3.63) is 0 Å². The lowest BCUT2D eigenvalue weighted by molar-refractivity contribution is -0.122. The summed E-state index contributed by atoms with van der Waals surface area (Å²) in [6.07, 6.45) is 3.56. The lowest BCUT2D eigenvalue weighted by atomic mass is 9.98. The van der Waals surface area contributed by atoms with Gasteiger partial charge < -0.3 is 5.32 Å². The van der Waals surface area contributed by atoms with E-state index in [0.717, 1.165) is 12.8 Å². The first-order valence-corrected chi connectivity index (χ1v) is 6.68. The molecule has 0 aromatic carbocycles. The van der Waals surface area contributed by atoms with Gasteiger partial charge in [-0.25, -0.2) is 0 Å². The lowest BCUT2D eigenvalue weighted by Crippen LogP contribution is -2.34. The monoisotopic (exact) mass is 226 g/mol. The predicted molar refractivity (Wildman–Crippen MR) is 62.5 cm³/mol. The summed E-state index contributed by atoms with van der Waals surface area (Å²) >= 11 is 1.96. The van der Waals surface area contributed by atoms with Gasteiger partial charge in [0.15, 0.2) is 0 Å². The molecule has 1 N–H and O–H groups in total. The maximum atomic E-state index is 11.6. The summed E-state index contributed by atoms with van der Waals surface area (Å²) in [7, 11) is 0. The van der Waals surface area contributed by atoms with Crippen LogP contribution in [0.25, 0.3) is 0 Å². The van der Waals surface area contributed by atoms with E-state index in [0.29, 0.717) is 18.8 Å². The van der Waals surface area contributed by atoms with Crippen LogP contribution in [-0.2, 0) is 4.79 Å². The van der Waals surface area contributed by atoms with E-state index in [1.54, 1.807) is 0 Å². The minimum absolute atomic E-state index is 0.0419. The second-order valence-electron chi connectivity index (χ2n) is 3.92. The minimum atomic E-state index is -0.310. The van der Waals surface area contributed by atoms with Crippen molar-refractivity contribution in [2.45, 2.75) is 38.6 Å². The quantitative estimate of drug-likeness (QED) is 0.797. The summed E-state index contributed by atoms with van der Waals surface area (Å²) in [5, 5.41) is 11.5. The van der Waals surface area contributed by atoms with E-state index < -0.39 is 0 Å². The number of rotatable bonds is 4. The third-order valence-electron chi connectivity index (χ3n) is 2.71. The van der Waals surface area contributed by atoms with Crippen LogP contribution in [0.5, 0.6) is 0 Å². The van der Waals surface area contributed by atoms with Crippen molar-refractivity contribution >= 4 is 17.7 Å². The molecule has 1 unspecified atom stereocenters. The van der Waals surface area contributed by atoms with Crippen LogP contribution in [0, 0.1) is 17.2 Å². The van der Waals surface area contributed by atoms with Crippen LogP contribution in [0.15, 0.2) is 0 Å². The van der Waals surface area contributed by atoms with Crippen LogP contribution < -0.4 is 5.32 Å². The Labute approximate surface area is 95.6 Å². The molecule has 0 bridgehead atoms. The van der Waals surface area contributed by atoms with E-state index in [1.807, 2.05) is 18.7 Å². The second kappa shape index (κ2) is 6.73. The van der Waals surface area contributed by atoms with Crippen molar-refractivity contribution in [1.29, 1.82) is 5.26 Å². The van der Waals surface area contributed by atoms with Gasteiger partial charge in [-0.1, -0.05) is 6.92 Å². The molecule has 1 saturated heterocycles. The Morgan fingerprint density at radius 3 is 2.80 bits per heavy atom. The Balaban J connectivity index is 2.25. The third kappa shape index (κ3) is 4.57. The number of amides is 1. The summed E-state index contributed by atoms with van der Waals surface area (Å²) in [6.45, 7) is 1.91. The van der Waals surface area contributed by atoms with Crippen molar-refractivity contribution in [2.24, 2.45) is 5.92 Å². The predicted octanol–water partition coefficient (Wildman–Crippen LogP) is 1.94. The zero-order valence-corrected chi connectivity index (χ0v) is 9.98. The molecule has 1 atom stereocenters. The average molecular weight is 226 g/mol. The molecule has 1 aliphatic rings. The van der Waals surface area contributed by atoms with Crippen LogP contribution in [0.1, 0.15) is 32.6 Å². The van der Waals surface area contributed by atoms with Gasteiger partial charge in [-0.3, -0.25) is 4.79 Å². The summed E-state index contributed by atoms with van der Waals surface area (Å²) < 4.78 is 0. The van der Waals surface area contributed by atoms with Gasteiger partial charge in [0.05, 0.1) is 6.07 Å². The van der Waals surface area contributed by atoms with Gasteiger partial charge in [0.1, 0.15) is 6.04 Å². The summed E-state index contributed by atoms with van der Waals surface area (Å²) in [5.41, 5.74) is 0. The largest absolute Gasteiger partial charge is 0.340 e. The Morgan fingerprint density at radius 2 is 2.27 bits per heavy atom. The zero-order chi connectivity index (χ0) is 11.1. The first kappa shape index (κ1) is 12.4. The fourth-order valence-electron chi connectivity index (χ4n) is 1.69. The summed E-state index contributed by atoms with van der Waals surface area (Å²) in [4.78, 5) is 11.6. The van der Waals surface area contributed by atoms with E-state index in [4.69, 9.17) is 5.26 Å². The van der Waals surface area contributed by atoms with Gasteiger partial charge in [-0.15, -0.1) is 0 Å². The van der Waals surface area contributed by atoms with Crippen LogP contribution in [0.2, 0.25) is 0 Å². The van der Waals surface area contributed by atoms with Crippen molar-refractivity contribution in [2.75, 3.05) is 11.5 Å². The van der Waals surface area contributed by atoms with Crippen molar-refractivity contribution in [3.8, 4) is 6.07 Å². The van der Waals surface area contributed by atoms with Crippen LogP contribution in [0.4, 0.5) is 0 Å². The van der Waals surface area contributed by atoms with E-state index >= 15 is 0 Å². The highest BCUT2D eigenvalue weighted by molar-refractivity contribution is 7.99. The molecule has 1 aliphatic heterocycles. The number of hydrogen-bond donors (Lipinski definition) is 1. The van der Waals surface area contributed by atoms with Gasteiger partial charge >= 0.3 is 0 Å². The molecule has 1 heterocycles. The number of nitrogens with one attached hydrogen (secondary N) is 1. The Kier molecular flexibility index (Phi) is 5.56. The molecule has 84 valence electrons. The molecule has 1 rings (SSSR count). The number of nitriles is 1. The highest BCUT2D eigenvalue weighted by Crippen LogP contribution is 2.25. The van der Waals surface area contributed by atoms with Crippen LogP contribution >= 0.6 is 11.8 Å². The van der Waals surface area contributed by atoms with E-state index in [9.17, 15) is 4.79 Å². The molecule has 1 amide bonds. The normalized spacial score (nSPS) is 19.2. The molecule has 1 fully saturated rings. The zero-order valence-electron chi connectivity index (χ0n) is 9.16. The van der Waals surface area contributed by atoms with E-state index in [2.05, 4.69) is 11.4 Å². The van der Waals surface area contributed by atoms with Gasteiger partial charge in [0.2, 0.25) is 5.91 Å². The van der Waals surface area contributed by atoms with Gasteiger partial charge in [0.25, 0.3) is 0 Å². The van der Waals surface area contributed by atoms with Crippen molar-refractivity contribution < 1.29 is 4.79 Å². The van der Waals surface area contributed by atoms with Crippen molar-refractivity contribution in [1.82, 2.24) is 5.32 Å². The van der Waals surface area contributed by atoms with Gasteiger partial charge in [-0.05, 0) is 36.7 Å². The summed E-state index contributed by atoms with van der Waals surface area (Å²) in [6, 6.07) is 1.77. The number of hydrogen-bond acceptors (Lipinski definition) is 3. The maximum Gasteiger partial charge on any atom is 0.221 e. The maximum absolute atomic E-state index is 11.6. The molecular weight excluding hydrogens is 208 g/mol. The molecule has 0 aliphatic carbocycles. The molecule has 4 heteroatoms. The van der Waals surface area contributed by atoms with E-state index in [1.165, 1.54) is 11.5 Å². The van der Waals surface area contributed by atoms with Crippen molar-refractivity contribution in [3.63, 3.8) is 0 Å². The molecule has 0 saturated carbocycles. The Morgan fingerprint density at radius 1 is 1.60 bits per heavy atom. The molecule has 0 radical (unpaired) electrons. The minimum Gasteiger partial charge on any atom is -0.340 e. The van der Waals surface area contributed by atoms with Crippen LogP contribution in [-0.4, -0.2) is 23.5 Å². The standard InChI is InChI=1S/C11H18N2OS/c1-2-10(8-12)13-11(14)7-9-3-5-15-6-4-9/h9-10H,2-7H2,1H3,(H,13,14). The van der Waals surface area contributed by atoms with Crippen LogP contribution in [0.3, 0.4) is 0 Å². The summed E-state index contributed by atoms with van der Waals surface area (Å²) in [5.74, 6) is 2.92. The molecular formula is C11H18N2OS. The topological polar surface area (TPSA) is 52.9 Å². The first-order chi connectivity index (χ1) is 7.26. The smallest absolute Gasteiger partial charge is 0.221 e. The lowest BCUT2D eigenvalue weighted by Gasteiger charge is -2.21. The molecule has 0 spiro atoms. The second-order valence-corrected chi connectivity index (χ2v) is 5.14. The van der Waals surface area contributed by atoms with Gasteiger partial charge in [-0.2, -0.15) is 17.0 Å². The highest BCUT2D eigenvalue weighted by atomic mass is 32.2. The SMILES string of the molecule is CCC(C#N)NC(=O)CC1CCSCC1. The highest BCUT2D eigenvalue weighted by Gasteiger charge is 2.18. The number of carbonyl (C=O) groups excluding carboxylic acids is 1. The Bertz CT molecular complexity index is 243.